The number of hydrogen-bond acceptors (Lipinski definition) is 6. The van der Waals surface area contributed by atoms with Crippen LogP contribution in [0.15, 0.2) is 0 Å². The zero-order valence-electron chi connectivity index (χ0n) is 13.8. The summed E-state index contributed by atoms with van der Waals surface area (Å²) in [4.78, 5) is 1.62. The lowest BCUT2D eigenvalue weighted by Gasteiger charge is -2.31. The van der Waals surface area contributed by atoms with E-state index < -0.39 is 0 Å². The number of hydrogen-bond donors (Lipinski definition) is 7. The summed E-state index contributed by atoms with van der Waals surface area (Å²) in [6.07, 6.45) is 3.22. The summed E-state index contributed by atoms with van der Waals surface area (Å²) in [5.74, 6) is 0. The van der Waals surface area contributed by atoms with Gasteiger partial charge in [0, 0.05) is 25.6 Å². The highest BCUT2D eigenvalue weighted by atomic mass is 15.4. The van der Waals surface area contributed by atoms with Crippen LogP contribution in [0.5, 0.6) is 0 Å². The van der Waals surface area contributed by atoms with Gasteiger partial charge in [0.1, 0.15) is 0 Å². The zero-order valence-corrected chi connectivity index (χ0v) is 13.8. The van der Waals surface area contributed by atoms with Crippen LogP contribution < -0.4 is 37.9 Å². The number of quaternary nitrogens is 1. The first-order valence-corrected chi connectivity index (χ1v) is 8.46. The third-order valence-electron chi connectivity index (χ3n) is 4.21. The number of rotatable bonds is 7. The molecule has 9 N–H and O–H groups in total. The number of nitrogens with one attached hydrogen (secondary N) is 5. The van der Waals surface area contributed by atoms with Gasteiger partial charge in [-0.05, 0) is 33.2 Å². The van der Waals surface area contributed by atoms with E-state index >= 15 is 0 Å². The monoisotopic (exact) mass is 302 g/mol. The Labute approximate surface area is 129 Å². The van der Waals surface area contributed by atoms with Gasteiger partial charge < -0.3 is 16.4 Å². The first-order valence-electron chi connectivity index (χ1n) is 8.46. The molecule has 3 unspecified atom stereocenters. The van der Waals surface area contributed by atoms with Crippen LogP contribution in [-0.4, -0.2) is 57.6 Å². The van der Waals surface area contributed by atoms with E-state index in [1.807, 2.05) is 0 Å². The maximum absolute atomic E-state index is 6.16. The minimum atomic E-state index is 0.0140. The second-order valence-corrected chi connectivity index (χ2v) is 5.86. The van der Waals surface area contributed by atoms with Crippen LogP contribution in [-0.2, 0) is 0 Å². The van der Waals surface area contributed by atoms with Crippen LogP contribution in [0.1, 0.15) is 33.1 Å². The van der Waals surface area contributed by atoms with Crippen molar-refractivity contribution in [3.63, 3.8) is 0 Å². The summed E-state index contributed by atoms with van der Waals surface area (Å²) in [6, 6.07) is 0.358. The number of nitrogens with two attached hydrogens (primary N) is 2. The Balaban J connectivity index is 2.54. The molecule has 0 aliphatic carbocycles. The molecule has 0 aromatic carbocycles. The maximum atomic E-state index is 6.16. The van der Waals surface area contributed by atoms with Gasteiger partial charge in [-0.15, -0.1) is 0 Å². The third-order valence-corrected chi connectivity index (χ3v) is 4.21. The molecule has 1 rings (SSSR count). The summed E-state index contributed by atoms with van der Waals surface area (Å²) in [7, 11) is 0. The minimum Gasteiger partial charge on any atom is -0.335 e. The van der Waals surface area contributed by atoms with E-state index in [2.05, 4.69) is 35.3 Å². The van der Waals surface area contributed by atoms with Gasteiger partial charge in [-0.1, -0.05) is 0 Å². The molecule has 1 aliphatic heterocycles. The highest BCUT2D eigenvalue weighted by Crippen LogP contribution is 1.97. The van der Waals surface area contributed by atoms with E-state index in [0.717, 1.165) is 38.9 Å². The molecule has 0 amide bonds. The third kappa shape index (κ3) is 8.06. The Kier molecular flexibility index (Phi) is 10.1. The van der Waals surface area contributed by atoms with Crippen LogP contribution in [0.25, 0.3) is 0 Å². The van der Waals surface area contributed by atoms with E-state index in [9.17, 15) is 0 Å². The largest absolute Gasteiger partial charge is 0.335 e. The molecule has 0 radical (unpaired) electrons. The molecule has 1 aliphatic rings. The first-order chi connectivity index (χ1) is 10.2. The fourth-order valence-corrected chi connectivity index (χ4v) is 2.75. The second-order valence-electron chi connectivity index (χ2n) is 5.86. The van der Waals surface area contributed by atoms with Gasteiger partial charge in [0.25, 0.3) is 0 Å². The molecule has 1 saturated heterocycles. The molecule has 7 nitrogen and oxygen atoms in total. The number of hydrazine groups is 1. The molecule has 0 bridgehead atoms. The fourth-order valence-electron chi connectivity index (χ4n) is 2.75. The van der Waals surface area contributed by atoms with Crippen molar-refractivity contribution < 1.29 is 4.90 Å². The average Bonchev–Trinajstić information content (AvgIpc) is 2.47. The quantitative estimate of drug-likeness (QED) is 0.276. The Morgan fingerprint density at radius 3 is 2.52 bits per heavy atom. The topological polar surface area (TPSA) is 105 Å². The van der Waals surface area contributed by atoms with Crippen molar-refractivity contribution in [1.82, 2.24) is 21.5 Å². The van der Waals surface area contributed by atoms with Crippen molar-refractivity contribution in [2.75, 3.05) is 39.3 Å². The van der Waals surface area contributed by atoms with Crippen LogP contribution in [0.2, 0.25) is 0 Å². The summed E-state index contributed by atoms with van der Waals surface area (Å²) in [5.41, 5.74) is 18.3. The van der Waals surface area contributed by atoms with Crippen molar-refractivity contribution in [1.29, 1.82) is 0 Å². The van der Waals surface area contributed by atoms with Gasteiger partial charge in [0.2, 0.25) is 0 Å². The van der Waals surface area contributed by atoms with Crippen molar-refractivity contribution >= 4 is 0 Å². The zero-order chi connectivity index (χ0) is 15.5. The van der Waals surface area contributed by atoms with Crippen molar-refractivity contribution in [2.24, 2.45) is 11.5 Å². The molecule has 1 heterocycles. The standard InChI is InChI=1S/C14H35N7/c1-3-21(4-2)10-7-14-19-12(5-8-15)11-18-17-9-6-13(16)20-14/h12-14,17-20H,3-11,15-16H2,1-2H3/p+1. The average molecular weight is 302 g/mol. The lowest BCUT2D eigenvalue weighted by Crippen LogP contribution is -3.11. The SMILES string of the molecule is CC[NH+](CC)CCC1NC(N)CCNNCC(CCN)N1. The van der Waals surface area contributed by atoms with Crippen LogP contribution >= 0.6 is 0 Å². The van der Waals surface area contributed by atoms with Gasteiger partial charge >= 0.3 is 0 Å². The Bertz CT molecular complexity index is 247. The normalized spacial score (nSPS) is 28.7. The highest BCUT2D eigenvalue weighted by Gasteiger charge is 2.19. The van der Waals surface area contributed by atoms with E-state index in [0.29, 0.717) is 12.6 Å². The van der Waals surface area contributed by atoms with Crippen LogP contribution in [0.3, 0.4) is 0 Å². The van der Waals surface area contributed by atoms with E-state index in [1.165, 1.54) is 13.1 Å². The van der Waals surface area contributed by atoms with Gasteiger partial charge in [0.15, 0.2) is 0 Å². The minimum absolute atomic E-state index is 0.0140. The molecule has 3 atom stereocenters. The van der Waals surface area contributed by atoms with Gasteiger partial charge in [-0.3, -0.25) is 21.5 Å². The smallest absolute Gasteiger partial charge is 0.0798 e. The molecule has 0 spiro atoms. The molecule has 21 heavy (non-hydrogen) atoms. The van der Waals surface area contributed by atoms with Gasteiger partial charge in [0.05, 0.1) is 32.0 Å². The van der Waals surface area contributed by atoms with E-state index in [-0.39, 0.29) is 12.3 Å². The molecule has 126 valence electrons. The van der Waals surface area contributed by atoms with Crippen LogP contribution in [0.4, 0.5) is 0 Å². The highest BCUT2D eigenvalue weighted by molar-refractivity contribution is 4.78. The predicted molar refractivity (Wildman–Crippen MR) is 87.6 cm³/mol. The Morgan fingerprint density at radius 2 is 1.86 bits per heavy atom. The molecule has 1 fully saturated rings. The fraction of sp³-hybridized carbons (Fsp3) is 1.00. The summed E-state index contributed by atoms with van der Waals surface area (Å²) >= 11 is 0. The molecule has 7 heteroatoms. The van der Waals surface area contributed by atoms with Gasteiger partial charge in [-0.25, -0.2) is 0 Å². The summed E-state index contributed by atoms with van der Waals surface area (Å²) < 4.78 is 0. The summed E-state index contributed by atoms with van der Waals surface area (Å²) in [5, 5.41) is 7.19. The van der Waals surface area contributed by atoms with Crippen molar-refractivity contribution in [3.05, 3.63) is 0 Å². The van der Waals surface area contributed by atoms with Crippen LogP contribution in [0, 0.1) is 0 Å². The van der Waals surface area contributed by atoms with E-state index in [1.54, 1.807) is 4.90 Å². The Hall–Kier alpha value is -0.280. The van der Waals surface area contributed by atoms with Gasteiger partial charge in [-0.2, -0.15) is 0 Å². The van der Waals surface area contributed by atoms with Crippen molar-refractivity contribution in [2.45, 2.75) is 51.5 Å². The molecule has 0 aromatic rings. The van der Waals surface area contributed by atoms with E-state index in [4.69, 9.17) is 11.5 Å². The lowest BCUT2D eigenvalue weighted by atomic mass is 10.1. The first kappa shape index (κ1) is 18.8. The molecule has 0 saturated carbocycles. The Morgan fingerprint density at radius 1 is 1.10 bits per heavy atom. The van der Waals surface area contributed by atoms with Crippen molar-refractivity contribution in [3.8, 4) is 0 Å². The molecular weight excluding hydrogens is 266 g/mol. The maximum Gasteiger partial charge on any atom is 0.0798 e. The molecule has 0 aromatic heterocycles. The molecular formula is C14H36N7+. The predicted octanol–water partition coefficient (Wildman–Crippen LogP) is -2.69. The second kappa shape index (κ2) is 11.3. The summed E-state index contributed by atoms with van der Waals surface area (Å²) in [6.45, 7) is 10.4. The lowest BCUT2D eigenvalue weighted by molar-refractivity contribution is -0.896.